The highest BCUT2D eigenvalue weighted by atomic mass is 16.7. The Labute approximate surface area is 105 Å². The number of ether oxygens (including phenoxy) is 4. The van der Waals surface area contributed by atoms with Crippen molar-refractivity contribution in [3.63, 3.8) is 0 Å². The van der Waals surface area contributed by atoms with Crippen molar-refractivity contribution in [2.24, 2.45) is 11.8 Å². The van der Waals surface area contributed by atoms with Gasteiger partial charge in [-0.25, -0.2) is 0 Å². The molecule has 0 spiro atoms. The Kier molecular flexibility index (Phi) is 7.04. The number of rotatable bonds is 6. The minimum Gasteiger partial charge on any atom is -0.356 e. The molecular formula is C13H26O4. The second kappa shape index (κ2) is 8.03. The number of hydrogen-bond donors (Lipinski definition) is 0. The highest BCUT2D eigenvalue weighted by Gasteiger charge is 2.36. The molecule has 4 heteroatoms. The van der Waals surface area contributed by atoms with Crippen molar-refractivity contribution in [1.29, 1.82) is 0 Å². The van der Waals surface area contributed by atoms with Gasteiger partial charge in [0.05, 0.1) is 0 Å². The Morgan fingerprint density at radius 1 is 0.647 bits per heavy atom. The lowest BCUT2D eigenvalue weighted by molar-refractivity contribution is -0.202. The van der Waals surface area contributed by atoms with Gasteiger partial charge in [0.2, 0.25) is 0 Å². The normalized spacial score (nSPS) is 26.5. The molecule has 4 nitrogen and oxygen atoms in total. The van der Waals surface area contributed by atoms with Gasteiger partial charge in [-0.1, -0.05) is 19.3 Å². The van der Waals surface area contributed by atoms with Crippen molar-refractivity contribution in [3.05, 3.63) is 0 Å². The molecule has 0 radical (unpaired) electrons. The Balaban J connectivity index is 2.77. The van der Waals surface area contributed by atoms with Crippen LogP contribution in [0.2, 0.25) is 0 Å². The smallest absolute Gasteiger partial charge is 0.160 e. The van der Waals surface area contributed by atoms with Crippen LogP contribution in [0.4, 0.5) is 0 Å². The van der Waals surface area contributed by atoms with Gasteiger partial charge in [0.1, 0.15) is 0 Å². The zero-order valence-corrected chi connectivity index (χ0v) is 11.5. The lowest BCUT2D eigenvalue weighted by Gasteiger charge is -2.34. The van der Waals surface area contributed by atoms with Crippen molar-refractivity contribution in [1.82, 2.24) is 0 Å². The van der Waals surface area contributed by atoms with Crippen LogP contribution in [0.5, 0.6) is 0 Å². The fourth-order valence-corrected chi connectivity index (χ4v) is 2.93. The Bertz CT molecular complexity index is 170. The fourth-order valence-electron chi connectivity index (χ4n) is 2.93. The van der Waals surface area contributed by atoms with E-state index in [1.165, 1.54) is 19.3 Å². The molecule has 1 aliphatic carbocycles. The Morgan fingerprint density at radius 3 is 1.29 bits per heavy atom. The molecule has 0 aliphatic heterocycles. The van der Waals surface area contributed by atoms with Crippen LogP contribution in [0.3, 0.4) is 0 Å². The highest BCUT2D eigenvalue weighted by Crippen LogP contribution is 2.35. The first-order chi connectivity index (χ1) is 8.28. The van der Waals surface area contributed by atoms with Crippen LogP contribution in [0.15, 0.2) is 0 Å². The summed E-state index contributed by atoms with van der Waals surface area (Å²) in [6, 6.07) is 0. The molecule has 1 rings (SSSR count). The minimum atomic E-state index is -0.161. The van der Waals surface area contributed by atoms with E-state index in [9.17, 15) is 0 Å². The third-order valence-corrected chi connectivity index (χ3v) is 3.75. The molecule has 1 aliphatic rings. The summed E-state index contributed by atoms with van der Waals surface area (Å²) in [5.41, 5.74) is 0. The summed E-state index contributed by atoms with van der Waals surface area (Å²) in [6.45, 7) is 0. The van der Waals surface area contributed by atoms with Crippen molar-refractivity contribution in [3.8, 4) is 0 Å². The van der Waals surface area contributed by atoms with Gasteiger partial charge < -0.3 is 18.9 Å². The summed E-state index contributed by atoms with van der Waals surface area (Å²) in [7, 11) is 6.80. The maximum Gasteiger partial charge on any atom is 0.160 e. The van der Waals surface area contributed by atoms with Crippen LogP contribution < -0.4 is 0 Å². The second-order valence-corrected chi connectivity index (χ2v) is 4.65. The van der Waals surface area contributed by atoms with Crippen molar-refractivity contribution in [2.45, 2.75) is 44.7 Å². The van der Waals surface area contributed by atoms with Gasteiger partial charge in [0, 0.05) is 40.3 Å². The summed E-state index contributed by atoms with van der Waals surface area (Å²) in [4.78, 5) is 0. The molecular weight excluding hydrogens is 220 g/mol. The van der Waals surface area contributed by atoms with Crippen LogP contribution in [-0.4, -0.2) is 41.0 Å². The van der Waals surface area contributed by atoms with Crippen LogP contribution in [0, 0.1) is 11.8 Å². The van der Waals surface area contributed by atoms with E-state index in [1.54, 1.807) is 28.4 Å². The molecule has 2 atom stereocenters. The molecule has 2 unspecified atom stereocenters. The molecule has 17 heavy (non-hydrogen) atoms. The van der Waals surface area contributed by atoms with Crippen LogP contribution in [0.25, 0.3) is 0 Å². The second-order valence-electron chi connectivity index (χ2n) is 4.65. The van der Waals surface area contributed by atoms with E-state index >= 15 is 0 Å². The van der Waals surface area contributed by atoms with Gasteiger partial charge in [-0.05, 0) is 12.8 Å². The van der Waals surface area contributed by atoms with Gasteiger partial charge in [-0.15, -0.1) is 0 Å². The van der Waals surface area contributed by atoms with Gasteiger partial charge in [-0.3, -0.25) is 0 Å². The van der Waals surface area contributed by atoms with Crippen molar-refractivity contribution in [2.75, 3.05) is 28.4 Å². The van der Waals surface area contributed by atoms with Crippen LogP contribution in [0.1, 0.15) is 32.1 Å². The summed E-state index contributed by atoms with van der Waals surface area (Å²) in [5.74, 6) is 0.690. The van der Waals surface area contributed by atoms with E-state index in [-0.39, 0.29) is 12.6 Å². The van der Waals surface area contributed by atoms with Crippen LogP contribution >= 0.6 is 0 Å². The van der Waals surface area contributed by atoms with Gasteiger partial charge >= 0.3 is 0 Å². The molecule has 1 fully saturated rings. The van der Waals surface area contributed by atoms with Crippen molar-refractivity contribution >= 4 is 0 Å². The summed E-state index contributed by atoms with van der Waals surface area (Å²) >= 11 is 0. The third-order valence-electron chi connectivity index (χ3n) is 3.75. The largest absolute Gasteiger partial charge is 0.356 e. The van der Waals surface area contributed by atoms with E-state index < -0.39 is 0 Å². The van der Waals surface area contributed by atoms with E-state index in [1.807, 2.05) is 0 Å². The molecule has 0 amide bonds. The average molecular weight is 246 g/mol. The molecule has 0 heterocycles. The maximum atomic E-state index is 5.43. The fraction of sp³-hybridized carbons (Fsp3) is 1.00. The lowest BCUT2D eigenvalue weighted by Crippen LogP contribution is -2.38. The zero-order chi connectivity index (χ0) is 12.7. The number of methoxy groups -OCH3 is 4. The standard InChI is InChI=1S/C13H26O4/c1-14-12(15-2)10-8-6-5-7-9-11(10)13(16-3)17-4/h10-13H,5-9H2,1-4H3. The lowest BCUT2D eigenvalue weighted by atomic mass is 9.86. The summed E-state index contributed by atoms with van der Waals surface area (Å²) in [6.07, 6.45) is 5.62. The molecule has 1 saturated carbocycles. The van der Waals surface area contributed by atoms with Crippen molar-refractivity contribution < 1.29 is 18.9 Å². The molecule has 0 N–H and O–H groups in total. The Morgan fingerprint density at radius 2 is 1.00 bits per heavy atom. The summed E-state index contributed by atoms with van der Waals surface area (Å²) in [5, 5.41) is 0. The predicted molar refractivity (Wildman–Crippen MR) is 65.7 cm³/mol. The molecule has 0 aromatic heterocycles. The van der Waals surface area contributed by atoms with Gasteiger partial charge in [0.15, 0.2) is 12.6 Å². The minimum absolute atomic E-state index is 0.161. The van der Waals surface area contributed by atoms with E-state index in [0.29, 0.717) is 11.8 Å². The first-order valence-electron chi connectivity index (χ1n) is 6.39. The third kappa shape index (κ3) is 3.91. The molecule has 0 aromatic rings. The SMILES string of the molecule is COC(OC)C1CCCCCC1C(OC)OC. The van der Waals surface area contributed by atoms with Gasteiger partial charge in [0.25, 0.3) is 0 Å². The molecule has 102 valence electrons. The monoisotopic (exact) mass is 246 g/mol. The maximum absolute atomic E-state index is 5.43. The summed E-state index contributed by atoms with van der Waals surface area (Å²) < 4.78 is 21.7. The van der Waals surface area contributed by atoms with Crippen LogP contribution in [-0.2, 0) is 18.9 Å². The zero-order valence-electron chi connectivity index (χ0n) is 11.5. The Hall–Kier alpha value is -0.160. The topological polar surface area (TPSA) is 36.9 Å². The van der Waals surface area contributed by atoms with E-state index in [4.69, 9.17) is 18.9 Å². The molecule has 0 bridgehead atoms. The first kappa shape index (κ1) is 14.9. The average Bonchev–Trinajstić information content (AvgIpc) is 2.59. The van der Waals surface area contributed by atoms with Gasteiger partial charge in [-0.2, -0.15) is 0 Å². The molecule has 0 aromatic carbocycles. The molecule has 0 saturated heterocycles. The predicted octanol–water partition coefficient (Wildman–Crippen LogP) is 2.42. The quantitative estimate of drug-likeness (QED) is 0.533. The number of hydrogen-bond acceptors (Lipinski definition) is 4. The van der Waals surface area contributed by atoms with E-state index in [2.05, 4.69) is 0 Å². The highest BCUT2D eigenvalue weighted by molar-refractivity contribution is 4.79. The first-order valence-corrected chi connectivity index (χ1v) is 6.39. The van der Waals surface area contributed by atoms with E-state index in [0.717, 1.165) is 12.8 Å².